The molecule has 3 aliphatic rings. The molecule has 1 unspecified atom stereocenters. The van der Waals surface area contributed by atoms with Crippen LogP contribution in [-0.4, -0.2) is 48.7 Å². The van der Waals surface area contributed by atoms with Crippen LogP contribution < -0.4 is 0 Å². The summed E-state index contributed by atoms with van der Waals surface area (Å²) < 4.78 is 5.39. The van der Waals surface area contributed by atoms with Crippen molar-refractivity contribution < 1.29 is 9.53 Å². The van der Waals surface area contributed by atoms with Crippen LogP contribution in [0.3, 0.4) is 0 Å². The third-order valence-corrected chi connectivity index (χ3v) is 5.19. The lowest BCUT2D eigenvalue weighted by Crippen LogP contribution is -2.28. The van der Waals surface area contributed by atoms with E-state index >= 15 is 0 Å². The first-order valence-corrected chi connectivity index (χ1v) is 9.58. The molecule has 4 rings (SSSR count). The third kappa shape index (κ3) is 2.98. The molecule has 5 nitrogen and oxygen atoms in total. The van der Waals surface area contributed by atoms with Crippen LogP contribution in [0.2, 0.25) is 0 Å². The lowest BCUT2D eigenvalue weighted by atomic mass is 9.83. The van der Waals surface area contributed by atoms with Gasteiger partial charge in [0.05, 0.1) is 11.7 Å². The van der Waals surface area contributed by atoms with Gasteiger partial charge in [0.15, 0.2) is 5.78 Å². The first-order chi connectivity index (χ1) is 13.7. The zero-order chi connectivity index (χ0) is 19.7. The minimum Gasteiger partial charge on any atom is -0.373 e. The molecule has 28 heavy (non-hydrogen) atoms. The Labute approximate surface area is 165 Å². The Hall–Kier alpha value is -3.05. The number of methoxy groups -OCH3 is 1. The van der Waals surface area contributed by atoms with Crippen LogP contribution in [0.25, 0.3) is 0 Å². The van der Waals surface area contributed by atoms with Crippen LogP contribution in [0, 0.1) is 0 Å². The molecule has 5 heteroatoms. The highest BCUT2D eigenvalue weighted by Gasteiger charge is 2.35. The Kier molecular flexibility index (Phi) is 4.92. The molecule has 0 fully saturated rings. The summed E-state index contributed by atoms with van der Waals surface area (Å²) in [7, 11) is 1.66. The molecule has 1 aromatic carbocycles. The fourth-order valence-corrected chi connectivity index (χ4v) is 3.65. The number of benzene rings is 1. The van der Waals surface area contributed by atoms with Gasteiger partial charge in [-0.05, 0) is 19.4 Å². The van der Waals surface area contributed by atoms with Crippen LogP contribution in [-0.2, 0) is 4.74 Å². The van der Waals surface area contributed by atoms with Gasteiger partial charge in [-0.1, -0.05) is 54.6 Å². The van der Waals surface area contributed by atoms with Crippen molar-refractivity contribution in [2.45, 2.75) is 20.0 Å². The molecule has 1 atom stereocenters. The molecule has 1 aliphatic heterocycles. The summed E-state index contributed by atoms with van der Waals surface area (Å²) >= 11 is 0. The Bertz CT molecular complexity index is 1000. The predicted molar refractivity (Wildman–Crippen MR) is 112 cm³/mol. The summed E-state index contributed by atoms with van der Waals surface area (Å²) in [5, 5.41) is 0. The Morgan fingerprint density at radius 1 is 1.07 bits per heavy atom. The summed E-state index contributed by atoms with van der Waals surface area (Å²) in [6, 6.07) is 7.63. The molecule has 1 aromatic rings. The number of hydrogen-bond acceptors (Lipinski definition) is 5. The van der Waals surface area contributed by atoms with Crippen molar-refractivity contribution >= 4 is 17.5 Å². The maximum absolute atomic E-state index is 13.4. The summed E-state index contributed by atoms with van der Waals surface area (Å²) in [6.45, 7) is 5.78. The second kappa shape index (κ2) is 7.52. The van der Waals surface area contributed by atoms with Gasteiger partial charge in [0, 0.05) is 31.3 Å². The van der Waals surface area contributed by atoms with Crippen LogP contribution in [0.4, 0.5) is 0 Å². The standard InChI is InChI=1S/C23H23N3O2/c1-4-26(5-2)23-24-20-17-11-6-7-12-18(17)22(27)19(21(20)25-23)15-9-8-10-16(28-3)14-13-15/h6-14,16H,4-5H2,1-3H3. The van der Waals surface area contributed by atoms with Crippen LogP contribution >= 0.6 is 0 Å². The van der Waals surface area contributed by atoms with E-state index in [0.717, 1.165) is 29.9 Å². The van der Waals surface area contributed by atoms with E-state index in [2.05, 4.69) is 18.7 Å². The highest BCUT2D eigenvalue weighted by atomic mass is 16.5. The minimum atomic E-state index is -0.114. The van der Waals surface area contributed by atoms with Gasteiger partial charge in [-0.15, -0.1) is 0 Å². The molecular weight excluding hydrogens is 350 g/mol. The number of ether oxygens (including phenoxy) is 1. The maximum Gasteiger partial charge on any atom is 0.226 e. The largest absolute Gasteiger partial charge is 0.373 e. The molecule has 0 saturated heterocycles. The molecule has 0 bridgehead atoms. The van der Waals surface area contributed by atoms with Crippen molar-refractivity contribution in [2.24, 2.45) is 9.98 Å². The van der Waals surface area contributed by atoms with Crippen molar-refractivity contribution in [3.8, 4) is 0 Å². The number of ketones is 1. The van der Waals surface area contributed by atoms with E-state index in [9.17, 15) is 4.79 Å². The number of rotatable bonds is 4. The fraction of sp³-hybridized carbons (Fsp3) is 0.261. The number of nitrogens with zero attached hydrogens (tertiary/aromatic N) is 3. The van der Waals surface area contributed by atoms with Crippen LogP contribution in [0.15, 0.2) is 81.5 Å². The minimum absolute atomic E-state index is 0.0192. The molecule has 0 saturated carbocycles. The smallest absolute Gasteiger partial charge is 0.226 e. The first kappa shape index (κ1) is 18.3. The number of Topliss-reactive ketones (excluding diaryl/α,β-unsaturated/α-hetero) is 1. The molecule has 1 heterocycles. The molecule has 2 aliphatic carbocycles. The molecular formula is C23H23N3O2. The van der Waals surface area contributed by atoms with E-state index in [1.54, 1.807) is 7.11 Å². The second-order valence-electron chi connectivity index (χ2n) is 6.71. The molecule has 0 aromatic heterocycles. The molecule has 142 valence electrons. The Balaban J connectivity index is 1.90. The van der Waals surface area contributed by atoms with E-state index in [4.69, 9.17) is 14.7 Å². The van der Waals surface area contributed by atoms with Crippen LogP contribution in [0.5, 0.6) is 0 Å². The molecule has 0 N–H and O–H groups in total. The van der Waals surface area contributed by atoms with Gasteiger partial charge in [0.2, 0.25) is 5.96 Å². The van der Waals surface area contributed by atoms with E-state index in [-0.39, 0.29) is 11.9 Å². The van der Waals surface area contributed by atoms with Gasteiger partial charge < -0.3 is 9.64 Å². The highest BCUT2D eigenvalue weighted by molar-refractivity contribution is 6.33. The summed E-state index contributed by atoms with van der Waals surface area (Å²) in [5.41, 5.74) is 4.37. The lowest BCUT2D eigenvalue weighted by Gasteiger charge is -2.19. The zero-order valence-electron chi connectivity index (χ0n) is 16.3. The highest BCUT2D eigenvalue weighted by Crippen LogP contribution is 2.35. The fourth-order valence-electron chi connectivity index (χ4n) is 3.65. The van der Waals surface area contributed by atoms with Crippen molar-refractivity contribution in [1.29, 1.82) is 0 Å². The van der Waals surface area contributed by atoms with E-state index in [0.29, 0.717) is 22.8 Å². The van der Waals surface area contributed by atoms with E-state index in [1.807, 2.05) is 54.6 Å². The number of hydrogen-bond donors (Lipinski definition) is 0. The Morgan fingerprint density at radius 3 is 2.54 bits per heavy atom. The predicted octanol–water partition coefficient (Wildman–Crippen LogP) is 3.70. The monoisotopic (exact) mass is 373 g/mol. The summed E-state index contributed by atoms with van der Waals surface area (Å²) in [4.78, 5) is 25.1. The summed E-state index contributed by atoms with van der Waals surface area (Å²) in [6.07, 6.45) is 9.57. The number of guanidine groups is 1. The van der Waals surface area contributed by atoms with E-state index in [1.165, 1.54) is 0 Å². The SMILES string of the molecule is CCN(CC)C1=NC2=C(C3=CC=CC(OC)C=C3)C(=O)c3ccccc3C2=N1. The van der Waals surface area contributed by atoms with Crippen molar-refractivity contribution in [1.82, 2.24) is 4.90 Å². The lowest BCUT2D eigenvalue weighted by molar-refractivity contribution is 0.103. The molecule has 0 spiro atoms. The number of carbonyl (C=O) groups excluding carboxylic acids is 1. The van der Waals surface area contributed by atoms with Gasteiger partial charge in [0.25, 0.3) is 0 Å². The molecule has 0 amide bonds. The van der Waals surface area contributed by atoms with Crippen LogP contribution in [0.1, 0.15) is 29.8 Å². The zero-order valence-corrected chi connectivity index (χ0v) is 16.3. The van der Waals surface area contributed by atoms with Gasteiger partial charge >= 0.3 is 0 Å². The quantitative estimate of drug-likeness (QED) is 0.809. The summed E-state index contributed by atoms with van der Waals surface area (Å²) in [5.74, 6) is 0.648. The van der Waals surface area contributed by atoms with E-state index < -0.39 is 0 Å². The first-order valence-electron chi connectivity index (χ1n) is 9.58. The van der Waals surface area contributed by atoms with Crippen molar-refractivity contribution in [2.75, 3.05) is 20.2 Å². The topological polar surface area (TPSA) is 54.3 Å². The number of allylic oxidation sites excluding steroid dienone is 6. The maximum atomic E-state index is 13.4. The average molecular weight is 373 g/mol. The van der Waals surface area contributed by atoms with Gasteiger partial charge in [-0.3, -0.25) is 4.79 Å². The van der Waals surface area contributed by atoms with Gasteiger partial charge in [0.1, 0.15) is 11.4 Å². The average Bonchev–Trinajstić information content (AvgIpc) is 3.01. The Morgan fingerprint density at radius 2 is 1.82 bits per heavy atom. The number of fused-ring (bicyclic) bond motifs is 3. The van der Waals surface area contributed by atoms with Gasteiger partial charge in [-0.2, -0.15) is 0 Å². The second-order valence-corrected chi connectivity index (χ2v) is 6.71. The van der Waals surface area contributed by atoms with Gasteiger partial charge in [-0.25, -0.2) is 9.98 Å². The third-order valence-electron chi connectivity index (χ3n) is 5.19. The molecule has 0 radical (unpaired) electrons. The number of carbonyl (C=O) groups is 1. The van der Waals surface area contributed by atoms with Crippen molar-refractivity contribution in [3.63, 3.8) is 0 Å². The normalized spacial score (nSPS) is 20.3. The number of aliphatic imine (C=N–C) groups is 2. The van der Waals surface area contributed by atoms with Crippen molar-refractivity contribution in [3.05, 3.63) is 82.6 Å².